The van der Waals surface area contributed by atoms with Gasteiger partial charge in [0.25, 0.3) is 0 Å². The minimum atomic E-state index is -2.56. The monoisotopic (exact) mass is 316 g/mol. The lowest BCUT2D eigenvalue weighted by Gasteiger charge is -2.36. The molecule has 0 aliphatic rings. The molecule has 0 aliphatic heterocycles. The van der Waals surface area contributed by atoms with Gasteiger partial charge >= 0.3 is 14.5 Å². The second-order valence-corrected chi connectivity index (χ2v) is 8.59. The highest BCUT2D eigenvalue weighted by Crippen LogP contribution is 2.27. The van der Waals surface area contributed by atoms with Crippen LogP contribution in [0.3, 0.4) is 0 Å². The average Bonchev–Trinajstić information content (AvgIpc) is 2.43. The second kappa shape index (κ2) is 11.0. The maximum absolute atomic E-state index is 12.0. The van der Waals surface area contributed by atoms with Crippen LogP contribution in [0.5, 0.6) is 0 Å². The van der Waals surface area contributed by atoms with Crippen molar-refractivity contribution in [3.8, 4) is 0 Å². The summed E-state index contributed by atoms with van der Waals surface area (Å²) in [5.74, 6) is -0.344. The molecule has 1 atom stereocenters. The molecule has 0 rings (SSSR count). The molecule has 0 bridgehead atoms. The van der Waals surface area contributed by atoms with E-state index in [1.807, 2.05) is 13.8 Å². The molecular formula is C16H32O4Si. The number of carbonyl (C=O) groups is 1. The van der Waals surface area contributed by atoms with Gasteiger partial charge in [-0.25, -0.2) is 4.79 Å². The summed E-state index contributed by atoms with van der Waals surface area (Å²) in [6.45, 7) is 14.7. The number of hydrogen-bond acceptors (Lipinski definition) is 4. The van der Waals surface area contributed by atoms with Crippen LogP contribution in [-0.2, 0) is 18.4 Å². The number of ether oxygens (including phenoxy) is 1. The van der Waals surface area contributed by atoms with Gasteiger partial charge in [-0.3, -0.25) is 0 Å². The van der Waals surface area contributed by atoms with E-state index in [-0.39, 0.29) is 11.7 Å². The molecule has 0 spiro atoms. The Labute approximate surface area is 131 Å². The topological polar surface area (TPSA) is 44.8 Å². The Morgan fingerprint density at radius 3 is 2.05 bits per heavy atom. The molecule has 0 amide bonds. The first-order valence-electron chi connectivity index (χ1n) is 8.11. The largest absolute Gasteiger partial charge is 0.457 e. The van der Waals surface area contributed by atoms with E-state index in [4.69, 9.17) is 13.6 Å². The van der Waals surface area contributed by atoms with Crippen molar-refractivity contribution in [1.29, 1.82) is 0 Å². The Kier molecular flexibility index (Phi) is 10.6. The number of carbonyl (C=O) groups excluding carboxylic acids is 1. The van der Waals surface area contributed by atoms with Crippen molar-refractivity contribution in [3.63, 3.8) is 0 Å². The van der Waals surface area contributed by atoms with Gasteiger partial charge in [0.15, 0.2) is 0 Å². The molecule has 21 heavy (non-hydrogen) atoms. The van der Waals surface area contributed by atoms with Crippen LogP contribution in [0.2, 0.25) is 6.04 Å². The first-order valence-corrected chi connectivity index (χ1v) is 10.2. The molecule has 124 valence electrons. The fourth-order valence-corrected chi connectivity index (χ4v) is 6.03. The Balaban J connectivity index is 5.29. The van der Waals surface area contributed by atoms with E-state index < -0.39 is 8.56 Å². The van der Waals surface area contributed by atoms with Gasteiger partial charge in [-0.05, 0) is 33.2 Å². The normalized spacial score (nSPS) is 13.0. The summed E-state index contributed by atoms with van der Waals surface area (Å²) < 4.78 is 17.8. The third-order valence-electron chi connectivity index (χ3n) is 3.28. The lowest BCUT2D eigenvalue weighted by atomic mass is 10.2. The van der Waals surface area contributed by atoms with Crippen LogP contribution in [0.4, 0.5) is 0 Å². The summed E-state index contributed by atoms with van der Waals surface area (Å²) in [5, 5.41) is 0. The van der Waals surface area contributed by atoms with Gasteiger partial charge in [-0.1, -0.05) is 39.7 Å². The molecule has 0 saturated carbocycles. The molecule has 0 aromatic heterocycles. The quantitative estimate of drug-likeness (QED) is 0.308. The lowest BCUT2D eigenvalue weighted by Crippen LogP contribution is -2.55. The molecule has 0 radical (unpaired) electrons. The van der Waals surface area contributed by atoms with Gasteiger partial charge in [-0.15, -0.1) is 0 Å². The molecule has 4 nitrogen and oxygen atoms in total. The van der Waals surface area contributed by atoms with Crippen molar-refractivity contribution in [2.75, 3.05) is 13.2 Å². The predicted octanol–water partition coefficient (Wildman–Crippen LogP) is 4.13. The van der Waals surface area contributed by atoms with E-state index in [1.54, 1.807) is 6.92 Å². The Hall–Kier alpha value is -0.653. The van der Waals surface area contributed by atoms with E-state index in [9.17, 15) is 4.79 Å². The van der Waals surface area contributed by atoms with Crippen molar-refractivity contribution < 1.29 is 18.4 Å². The number of hydrogen-bond donors (Lipinski definition) is 0. The summed E-state index contributed by atoms with van der Waals surface area (Å²) in [5.41, 5.74) is 0.158. The van der Waals surface area contributed by atoms with Gasteiger partial charge in [0.05, 0.1) is 0 Å². The summed E-state index contributed by atoms with van der Waals surface area (Å²) in [7, 11) is -2.56. The van der Waals surface area contributed by atoms with Crippen LogP contribution in [0.25, 0.3) is 0 Å². The van der Waals surface area contributed by atoms with E-state index in [2.05, 4.69) is 20.4 Å². The van der Waals surface area contributed by atoms with Crippen LogP contribution in [-0.4, -0.2) is 33.5 Å². The maximum Gasteiger partial charge on any atom is 0.380 e. The summed E-state index contributed by atoms with van der Waals surface area (Å²) in [4.78, 5) is 12.0. The SMILES string of the molecule is C=C(C)C(=O)OC(CCCC)[Si](CCC)(OCC)OCC. The zero-order valence-corrected chi connectivity index (χ0v) is 15.4. The van der Waals surface area contributed by atoms with Crippen molar-refractivity contribution in [2.24, 2.45) is 0 Å². The van der Waals surface area contributed by atoms with E-state index >= 15 is 0 Å². The maximum atomic E-state index is 12.0. The highest BCUT2D eigenvalue weighted by molar-refractivity contribution is 6.69. The Bertz CT molecular complexity index is 300. The average molecular weight is 317 g/mol. The fourth-order valence-electron chi connectivity index (χ4n) is 2.36. The third-order valence-corrected chi connectivity index (χ3v) is 7.42. The first kappa shape index (κ1) is 20.3. The molecule has 0 saturated heterocycles. The molecule has 5 heteroatoms. The van der Waals surface area contributed by atoms with Gasteiger partial charge in [0.2, 0.25) is 0 Å². The highest BCUT2D eigenvalue weighted by atomic mass is 28.4. The molecule has 0 aliphatic carbocycles. The number of rotatable bonds is 12. The number of esters is 1. The zero-order valence-electron chi connectivity index (χ0n) is 14.4. The van der Waals surface area contributed by atoms with Crippen LogP contribution < -0.4 is 0 Å². The van der Waals surface area contributed by atoms with E-state index in [0.29, 0.717) is 18.8 Å². The van der Waals surface area contributed by atoms with Gasteiger partial charge in [-0.2, -0.15) is 0 Å². The molecule has 0 N–H and O–H groups in total. The van der Waals surface area contributed by atoms with Crippen LogP contribution >= 0.6 is 0 Å². The summed E-state index contributed by atoms with van der Waals surface area (Å²) in [6.07, 6.45) is 3.80. The Morgan fingerprint density at radius 2 is 1.67 bits per heavy atom. The lowest BCUT2D eigenvalue weighted by molar-refractivity contribution is -0.143. The molecule has 0 heterocycles. The van der Waals surface area contributed by atoms with E-state index in [0.717, 1.165) is 31.7 Å². The van der Waals surface area contributed by atoms with Gasteiger partial charge < -0.3 is 13.6 Å². The molecule has 1 unspecified atom stereocenters. The van der Waals surface area contributed by atoms with Crippen molar-refractivity contribution in [1.82, 2.24) is 0 Å². The van der Waals surface area contributed by atoms with Gasteiger partial charge in [0.1, 0.15) is 5.73 Å². The number of unbranched alkanes of at least 4 members (excludes halogenated alkanes) is 1. The van der Waals surface area contributed by atoms with Crippen LogP contribution in [0, 0.1) is 0 Å². The van der Waals surface area contributed by atoms with Crippen LogP contribution in [0.15, 0.2) is 12.2 Å². The summed E-state index contributed by atoms with van der Waals surface area (Å²) >= 11 is 0. The molecular weight excluding hydrogens is 284 g/mol. The van der Waals surface area contributed by atoms with Crippen molar-refractivity contribution in [2.45, 2.75) is 72.1 Å². The standard InChI is InChI=1S/C16H32O4Si/c1-7-11-12-15(20-16(17)14(5)6)21(13-8-2,18-9-3)19-10-4/h15H,5,7-13H2,1-4,6H3. The molecule has 0 aromatic carbocycles. The van der Waals surface area contributed by atoms with E-state index in [1.165, 1.54) is 0 Å². The molecule has 0 fully saturated rings. The summed E-state index contributed by atoms with van der Waals surface area (Å²) in [6, 6.07) is 0.840. The third kappa shape index (κ3) is 6.76. The minimum Gasteiger partial charge on any atom is -0.457 e. The smallest absolute Gasteiger partial charge is 0.380 e. The predicted molar refractivity (Wildman–Crippen MR) is 88.3 cm³/mol. The highest BCUT2D eigenvalue weighted by Gasteiger charge is 2.47. The first-order chi connectivity index (χ1) is 9.97. The van der Waals surface area contributed by atoms with Crippen molar-refractivity contribution in [3.05, 3.63) is 12.2 Å². The Morgan fingerprint density at radius 1 is 1.10 bits per heavy atom. The second-order valence-electron chi connectivity index (χ2n) is 5.24. The fraction of sp³-hybridized carbons (Fsp3) is 0.812. The van der Waals surface area contributed by atoms with Crippen molar-refractivity contribution >= 4 is 14.5 Å². The van der Waals surface area contributed by atoms with Gasteiger partial charge in [0, 0.05) is 18.8 Å². The molecule has 0 aromatic rings. The minimum absolute atomic E-state index is 0.263. The van der Waals surface area contributed by atoms with Crippen LogP contribution in [0.1, 0.15) is 60.3 Å². The zero-order chi connectivity index (χ0) is 16.3.